The molecule has 0 aliphatic heterocycles. The Morgan fingerprint density at radius 3 is 2.76 bits per heavy atom. The van der Waals surface area contributed by atoms with Gasteiger partial charge in [-0.15, -0.1) is 0 Å². The molecule has 0 bridgehead atoms. The van der Waals surface area contributed by atoms with Crippen molar-refractivity contribution >= 4 is 33.5 Å². The van der Waals surface area contributed by atoms with Crippen LogP contribution >= 0.6 is 27.5 Å². The van der Waals surface area contributed by atoms with Crippen LogP contribution in [-0.2, 0) is 11.3 Å². The first-order chi connectivity index (χ1) is 8.02. The SMILES string of the molecule is CCCN(CC(=O)O)Cc1ccc(Cl)cc1Br. The highest BCUT2D eigenvalue weighted by Crippen LogP contribution is 2.22. The second-order valence-electron chi connectivity index (χ2n) is 3.84. The summed E-state index contributed by atoms with van der Waals surface area (Å²) in [6.07, 6.45) is 0.929. The number of carbonyl (C=O) groups is 1. The van der Waals surface area contributed by atoms with Crippen molar-refractivity contribution in [2.75, 3.05) is 13.1 Å². The van der Waals surface area contributed by atoms with Crippen LogP contribution in [0.25, 0.3) is 0 Å². The number of aliphatic carboxylic acids is 1. The Morgan fingerprint density at radius 1 is 1.53 bits per heavy atom. The van der Waals surface area contributed by atoms with Crippen molar-refractivity contribution in [2.45, 2.75) is 19.9 Å². The van der Waals surface area contributed by atoms with Crippen molar-refractivity contribution in [3.8, 4) is 0 Å². The van der Waals surface area contributed by atoms with Crippen LogP contribution in [0.1, 0.15) is 18.9 Å². The van der Waals surface area contributed by atoms with Crippen molar-refractivity contribution in [3.05, 3.63) is 33.3 Å². The molecule has 0 aliphatic carbocycles. The average Bonchev–Trinajstić information content (AvgIpc) is 2.21. The molecule has 17 heavy (non-hydrogen) atoms. The maximum absolute atomic E-state index is 10.7. The molecule has 0 amide bonds. The third-order valence-corrected chi connectivity index (χ3v) is 3.28. The third kappa shape index (κ3) is 5.06. The highest BCUT2D eigenvalue weighted by molar-refractivity contribution is 9.10. The highest BCUT2D eigenvalue weighted by atomic mass is 79.9. The Hall–Kier alpha value is -0.580. The lowest BCUT2D eigenvalue weighted by Gasteiger charge is -2.20. The van der Waals surface area contributed by atoms with Crippen LogP contribution in [0.5, 0.6) is 0 Å². The molecule has 0 saturated heterocycles. The van der Waals surface area contributed by atoms with Gasteiger partial charge in [0.2, 0.25) is 0 Å². The van der Waals surface area contributed by atoms with E-state index in [0.717, 1.165) is 23.0 Å². The molecule has 1 rings (SSSR count). The van der Waals surface area contributed by atoms with Crippen molar-refractivity contribution in [3.63, 3.8) is 0 Å². The second kappa shape index (κ2) is 6.99. The summed E-state index contributed by atoms with van der Waals surface area (Å²) in [4.78, 5) is 12.6. The van der Waals surface area contributed by atoms with E-state index in [-0.39, 0.29) is 6.54 Å². The first kappa shape index (κ1) is 14.5. The van der Waals surface area contributed by atoms with Gasteiger partial charge in [-0.1, -0.05) is 40.5 Å². The van der Waals surface area contributed by atoms with Crippen LogP contribution < -0.4 is 0 Å². The molecule has 1 aromatic rings. The van der Waals surface area contributed by atoms with Gasteiger partial charge in [-0.3, -0.25) is 9.69 Å². The molecule has 0 atom stereocenters. The fraction of sp³-hybridized carbons (Fsp3) is 0.417. The van der Waals surface area contributed by atoms with Gasteiger partial charge in [0.05, 0.1) is 6.54 Å². The van der Waals surface area contributed by atoms with E-state index in [4.69, 9.17) is 16.7 Å². The average molecular weight is 321 g/mol. The van der Waals surface area contributed by atoms with Crippen LogP contribution in [-0.4, -0.2) is 29.1 Å². The van der Waals surface area contributed by atoms with Gasteiger partial charge in [0, 0.05) is 16.0 Å². The Balaban J connectivity index is 2.74. The quantitative estimate of drug-likeness (QED) is 0.873. The van der Waals surface area contributed by atoms with Gasteiger partial charge in [-0.05, 0) is 30.7 Å². The van der Waals surface area contributed by atoms with Crippen molar-refractivity contribution < 1.29 is 9.90 Å². The predicted molar refractivity (Wildman–Crippen MR) is 72.4 cm³/mol. The molecule has 5 heteroatoms. The summed E-state index contributed by atoms with van der Waals surface area (Å²) in [6, 6.07) is 5.55. The highest BCUT2D eigenvalue weighted by Gasteiger charge is 2.11. The number of carboxylic acids is 1. The minimum atomic E-state index is -0.802. The smallest absolute Gasteiger partial charge is 0.317 e. The zero-order valence-electron chi connectivity index (χ0n) is 9.62. The molecule has 0 heterocycles. The molecule has 0 spiro atoms. The summed E-state index contributed by atoms with van der Waals surface area (Å²) in [7, 11) is 0. The largest absolute Gasteiger partial charge is 0.480 e. The molecule has 0 saturated carbocycles. The second-order valence-corrected chi connectivity index (χ2v) is 5.13. The molecular formula is C12H15BrClNO2. The Morgan fingerprint density at radius 2 is 2.24 bits per heavy atom. The molecule has 1 aromatic carbocycles. The van der Waals surface area contributed by atoms with E-state index in [0.29, 0.717) is 11.6 Å². The first-order valence-electron chi connectivity index (χ1n) is 5.41. The number of rotatable bonds is 6. The zero-order chi connectivity index (χ0) is 12.8. The monoisotopic (exact) mass is 319 g/mol. The standard InChI is InChI=1S/C12H15BrClNO2/c1-2-5-15(8-12(16)17)7-9-3-4-10(14)6-11(9)13/h3-4,6H,2,5,7-8H2,1H3,(H,16,17). The van der Waals surface area contributed by atoms with Crippen LogP contribution in [0.4, 0.5) is 0 Å². The lowest BCUT2D eigenvalue weighted by Crippen LogP contribution is -2.30. The maximum atomic E-state index is 10.7. The summed E-state index contributed by atoms with van der Waals surface area (Å²) in [5, 5.41) is 9.49. The lowest BCUT2D eigenvalue weighted by atomic mass is 10.2. The van der Waals surface area contributed by atoms with E-state index in [1.165, 1.54) is 0 Å². The summed E-state index contributed by atoms with van der Waals surface area (Å²) in [5.74, 6) is -0.802. The van der Waals surface area contributed by atoms with Crippen LogP contribution in [0.2, 0.25) is 5.02 Å². The Kier molecular flexibility index (Phi) is 5.95. The number of hydrogen-bond donors (Lipinski definition) is 1. The van der Waals surface area contributed by atoms with Gasteiger partial charge in [-0.2, -0.15) is 0 Å². The van der Waals surface area contributed by atoms with Gasteiger partial charge in [0.1, 0.15) is 0 Å². The summed E-state index contributed by atoms with van der Waals surface area (Å²) in [6.45, 7) is 3.47. The van der Waals surface area contributed by atoms with E-state index in [2.05, 4.69) is 15.9 Å². The number of hydrogen-bond acceptors (Lipinski definition) is 2. The van der Waals surface area contributed by atoms with Gasteiger partial charge >= 0.3 is 5.97 Å². The topological polar surface area (TPSA) is 40.5 Å². The predicted octanol–water partition coefficient (Wildman–Crippen LogP) is 3.40. The van der Waals surface area contributed by atoms with E-state index in [1.807, 2.05) is 30.0 Å². The summed E-state index contributed by atoms with van der Waals surface area (Å²) < 4.78 is 0.913. The lowest BCUT2D eigenvalue weighted by molar-refractivity contribution is -0.138. The molecular weight excluding hydrogens is 305 g/mol. The molecule has 0 aliphatic rings. The molecule has 1 N–H and O–H groups in total. The Labute approximate surface area is 115 Å². The summed E-state index contributed by atoms with van der Waals surface area (Å²) in [5.41, 5.74) is 1.05. The van der Waals surface area contributed by atoms with Crippen LogP contribution in [0.3, 0.4) is 0 Å². The Bertz CT molecular complexity index is 398. The van der Waals surface area contributed by atoms with Crippen LogP contribution in [0.15, 0.2) is 22.7 Å². The molecule has 0 radical (unpaired) electrons. The van der Waals surface area contributed by atoms with Gasteiger partial charge in [-0.25, -0.2) is 0 Å². The van der Waals surface area contributed by atoms with Gasteiger partial charge < -0.3 is 5.11 Å². The number of carboxylic acid groups (broad SMARTS) is 1. The van der Waals surface area contributed by atoms with E-state index >= 15 is 0 Å². The van der Waals surface area contributed by atoms with E-state index in [1.54, 1.807) is 0 Å². The fourth-order valence-electron chi connectivity index (χ4n) is 1.61. The minimum Gasteiger partial charge on any atom is -0.480 e. The van der Waals surface area contributed by atoms with E-state index < -0.39 is 5.97 Å². The van der Waals surface area contributed by atoms with Crippen LogP contribution in [0, 0.1) is 0 Å². The third-order valence-electron chi connectivity index (χ3n) is 2.31. The molecule has 0 aromatic heterocycles. The number of nitrogens with zero attached hydrogens (tertiary/aromatic N) is 1. The van der Waals surface area contributed by atoms with E-state index in [9.17, 15) is 4.79 Å². The van der Waals surface area contributed by atoms with Crippen molar-refractivity contribution in [1.29, 1.82) is 0 Å². The number of benzene rings is 1. The first-order valence-corrected chi connectivity index (χ1v) is 6.58. The molecule has 0 unspecified atom stereocenters. The molecule has 3 nitrogen and oxygen atoms in total. The fourth-order valence-corrected chi connectivity index (χ4v) is 2.42. The molecule has 0 fully saturated rings. The normalized spacial score (nSPS) is 10.8. The van der Waals surface area contributed by atoms with Gasteiger partial charge in [0.15, 0.2) is 0 Å². The minimum absolute atomic E-state index is 0.0584. The van der Waals surface area contributed by atoms with Crippen molar-refractivity contribution in [1.82, 2.24) is 4.90 Å². The summed E-state index contributed by atoms with van der Waals surface area (Å²) >= 11 is 9.30. The number of halogens is 2. The van der Waals surface area contributed by atoms with Gasteiger partial charge in [0.25, 0.3) is 0 Å². The molecule has 94 valence electrons. The zero-order valence-corrected chi connectivity index (χ0v) is 12.0. The maximum Gasteiger partial charge on any atom is 0.317 e. The van der Waals surface area contributed by atoms with Crippen molar-refractivity contribution in [2.24, 2.45) is 0 Å².